The van der Waals surface area contributed by atoms with E-state index in [2.05, 4.69) is 10.1 Å². The van der Waals surface area contributed by atoms with Crippen LogP contribution in [-0.4, -0.2) is 21.9 Å². The molecule has 2 aromatic heterocycles. The minimum atomic E-state index is 0.379. The summed E-state index contributed by atoms with van der Waals surface area (Å²) in [5.74, 6) is 1.01. The molecule has 0 saturated carbocycles. The molecule has 0 aliphatic carbocycles. The number of nitrogens with zero attached hydrogens (tertiary/aromatic N) is 3. The number of hydrogen-bond donors (Lipinski definition) is 1. The number of rotatable bonds is 2. The number of aromatic nitrogens is 3. The Bertz CT molecular complexity index is 504. The van der Waals surface area contributed by atoms with E-state index in [0.717, 1.165) is 5.56 Å². The topological polar surface area (TPSA) is 66.0 Å². The molecule has 0 spiro atoms. The first-order valence-electron chi connectivity index (χ1n) is 4.62. The summed E-state index contributed by atoms with van der Waals surface area (Å²) in [4.78, 5) is 4.06. The van der Waals surface area contributed by atoms with Gasteiger partial charge in [0.25, 0.3) is 0 Å². The highest BCUT2D eigenvalue weighted by Crippen LogP contribution is 2.29. The number of hydrogen-bond acceptors (Lipinski definition) is 4. The maximum atomic E-state index is 5.78. The smallest absolute Gasteiger partial charge is 0.224 e. The van der Waals surface area contributed by atoms with Gasteiger partial charge in [0.05, 0.1) is 18.4 Å². The summed E-state index contributed by atoms with van der Waals surface area (Å²) in [7, 11) is 3.31. The van der Waals surface area contributed by atoms with E-state index in [0.29, 0.717) is 22.5 Å². The molecular weight excluding hydrogens is 228 g/mol. The van der Waals surface area contributed by atoms with Crippen molar-refractivity contribution in [3.8, 4) is 17.1 Å². The molecule has 0 aromatic carbocycles. The summed E-state index contributed by atoms with van der Waals surface area (Å²) in [6, 6.07) is 5.24. The summed E-state index contributed by atoms with van der Waals surface area (Å²) < 4.78 is 6.73. The van der Waals surface area contributed by atoms with Gasteiger partial charge in [0.2, 0.25) is 5.88 Å². The number of halogens is 1. The molecule has 2 aromatic rings. The lowest BCUT2D eigenvalue weighted by Gasteiger charge is -2.04. The van der Waals surface area contributed by atoms with Crippen molar-refractivity contribution in [3.63, 3.8) is 0 Å². The van der Waals surface area contributed by atoms with Crippen LogP contribution in [0.3, 0.4) is 0 Å². The largest absolute Gasteiger partial charge is 0.480 e. The standard InChI is InChI=1S/C10H11ClN4O/c1-15-9(12)5-7(14-15)6-3-4-8(11)13-10(6)16-2/h3-5H,12H2,1-2H3. The Kier molecular flexibility index (Phi) is 2.70. The molecule has 16 heavy (non-hydrogen) atoms. The van der Waals surface area contributed by atoms with Crippen LogP contribution in [0.1, 0.15) is 0 Å². The van der Waals surface area contributed by atoms with Crippen LogP contribution < -0.4 is 10.5 Å². The van der Waals surface area contributed by atoms with Crippen LogP contribution in [0.5, 0.6) is 5.88 Å². The van der Waals surface area contributed by atoms with Crippen LogP contribution in [0, 0.1) is 0 Å². The minimum absolute atomic E-state index is 0.379. The van der Waals surface area contributed by atoms with E-state index < -0.39 is 0 Å². The third kappa shape index (κ3) is 1.81. The second kappa shape index (κ2) is 4.02. The summed E-state index contributed by atoms with van der Waals surface area (Å²) in [6.07, 6.45) is 0. The molecule has 0 aliphatic rings. The lowest BCUT2D eigenvalue weighted by molar-refractivity contribution is 0.399. The zero-order chi connectivity index (χ0) is 11.7. The van der Waals surface area contributed by atoms with Gasteiger partial charge in [0.1, 0.15) is 11.0 Å². The van der Waals surface area contributed by atoms with E-state index in [9.17, 15) is 0 Å². The van der Waals surface area contributed by atoms with E-state index in [1.165, 1.54) is 7.11 Å². The number of ether oxygens (including phenoxy) is 1. The number of nitrogen functional groups attached to an aromatic ring is 1. The van der Waals surface area contributed by atoms with Crippen molar-refractivity contribution in [1.82, 2.24) is 14.8 Å². The third-order valence-corrected chi connectivity index (χ3v) is 2.42. The van der Waals surface area contributed by atoms with Gasteiger partial charge in [-0.2, -0.15) is 5.10 Å². The molecule has 84 valence electrons. The van der Waals surface area contributed by atoms with Crippen molar-refractivity contribution in [3.05, 3.63) is 23.4 Å². The number of aryl methyl sites for hydroxylation is 1. The lowest BCUT2D eigenvalue weighted by Crippen LogP contribution is -1.97. The maximum absolute atomic E-state index is 5.78. The number of methoxy groups -OCH3 is 1. The molecule has 0 radical (unpaired) electrons. The second-order valence-corrected chi connectivity index (χ2v) is 3.66. The van der Waals surface area contributed by atoms with Crippen LogP contribution in [0.2, 0.25) is 5.15 Å². The van der Waals surface area contributed by atoms with E-state index in [4.69, 9.17) is 22.1 Å². The van der Waals surface area contributed by atoms with Gasteiger partial charge in [-0.3, -0.25) is 4.68 Å². The molecule has 0 aliphatic heterocycles. The fourth-order valence-corrected chi connectivity index (χ4v) is 1.52. The average Bonchev–Trinajstić information content (AvgIpc) is 2.59. The summed E-state index contributed by atoms with van der Waals surface area (Å²) >= 11 is 5.78. The van der Waals surface area contributed by atoms with Crippen molar-refractivity contribution >= 4 is 17.4 Å². The first kappa shape index (κ1) is 10.8. The molecule has 2 rings (SSSR count). The van der Waals surface area contributed by atoms with Gasteiger partial charge in [-0.05, 0) is 12.1 Å². The van der Waals surface area contributed by atoms with E-state index in [-0.39, 0.29) is 0 Å². The zero-order valence-corrected chi connectivity index (χ0v) is 9.69. The predicted octanol–water partition coefficient (Wildman–Crippen LogP) is 1.73. The molecule has 0 fully saturated rings. The molecule has 6 heteroatoms. The van der Waals surface area contributed by atoms with Gasteiger partial charge in [-0.15, -0.1) is 0 Å². The van der Waals surface area contributed by atoms with Crippen LogP contribution in [0.15, 0.2) is 18.2 Å². The van der Waals surface area contributed by atoms with Gasteiger partial charge in [0, 0.05) is 13.1 Å². The Balaban J connectivity index is 2.55. The van der Waals surface area contributed by atoms with Crippen LogP contribution in [0.25, 0.3) is 11.3 Å². The van der Waals surface area contributed by atoms with Gasteiger partial charge in [-0.1, -0.05) is 11.6 Å². The monoisotopic (exact) mass is 238 g/mol. The van der Waals surface area contributed by atoms with E-state index in [1.54, 1.807) is 29.9 Å². The highest BCUT2D eigenvalue weighted by Gasteiger charge is 2.12. The Labute approximate surface area is 97.8 Å². The van der Waals surface area contributed by atoms with Gasteiger partial charge in [-0.25, -0.2) is 4.98 Å². The molecule has 5 nitrogen and oxygen atoms in total. The highest BCUT2D eigenvalue weighted by molar-refractivity contribution is 6.29. The van der Waals surface area contributed by atoms with E-state index >= 15 is 0 Å². The summed E-state index contributed by atoms with van der Waals surface area (Å²) in [5.41, 5.74) is 7.19. The summed E-state index contributed by atoms with van der Waals surface area (Å²) in [6.45, 7) is 0. The van der Waals surface area contributed by atoms with Crippen LogP contribution in [0.4, 0.5) is 5.82 Å². The van der Waals surface area contributed by atoms with Crippen LogP contribution in [-0.2, 0) is 7.05 Å². The summed E-state index contributed by atoms with van der Waals surface area (Å²) in [5, 5.41) is 4.63. The average molecular weight is 239 g/mol. The molecule has 0 atom stereocenters. The zero-order valence-electron chi connectivity index (χ0n) is 8.94. The van der Waals surface area contributed by atoms with Gasteiger partial charge < -0.3 is 10.5 Å². The number of anilines is 1. The minimum Gasteiger partial charge on any atom is -0.480 e. The molecule has 0 saturated heterocycles. The molecule has 0 amide bonds. The number of pyridine rings is 1. The fraction of sp³-hybridized carbons (Fsp3) is 0.200. The molecule has 2 heterocycles. The van der Waals surface area contributed by atoms with Crippen molar-refractivity contribution in [2.75, 3.05) is 12.8 Å². The third-order valence-electron chi connectivity index (χ3n) is 2.21. The second-order valence-electron chi connectivity index (χ2n) is 3.27. The van der Waals surface area contributed by atoms with Crippen molar-refractivity contribution < 1.29 is 4.74 Å². The first-order chi connectivity index (χ1) is 7.61. The van der Waals surface area contributed by atoms with E-state index in [1.807, 2.05) is 0 Å². The van der Waals surface area contributed by atoms with Crippen molar-refractivity contribution in [1.29, 1.82) is 0 Å². The maximum Gasteiger partial charge on any atom is 0.224 e. The first-order valence-corrected chi connectivity index (χ1v) is 5.00. The lowest BCUT2D eigenvalue weighted by atomic mass is 10.2. The number of nitrogens with two attached hydrogens (primary N) is 1. The molecular formula is C10H11ClN4O. The van der Waals surface area contributed by atoms with Gasteiger partial charge >= 0.3 is 0 Å². The SMILES string of the molecule is COc1nc(Cl)ccc1-c1cc(N)n(C)n1. The fourth-order valence-electron chi connectivity index (χ4n) is 1.38. The predicted molar refractivity (Wildman–Crippen MR) is 62.4 cm³/mol. The molecule has 0 unspecified atom stereocenters. The van der Waals surface area contributed by atoms with Crippen molar-refractivity contribution in [2.45, 2.75) is 0 Å². The Morgan fingerprint density at radius 2 is 2.19 bits per heavy atom. The normalized spacial score (nSPS) is 10.4. The Hall–Kier alpha value is -1.75. The highest BCUT2D eigenvalue weighted by atomic mass is 35.5. The van der Waals surface area contributed by atoms with Gasteiger partial charge in [0.15, 0.2) is 0 Å². The Morgan fingerprint density at radius 1 is 1.44 bits per heavy atom. The molecule has 2 N–H and O–H groups in total. The molecule has 0 bridgehead atoms. The van der Waals surface area contributed by atoms with Crippen molar-refractivity contribution in [2.24, 2.45) is 7.05 Å². The quantitative estimate of drug-likeness (QED) is 0.810. The van der Waals surface area contributed by atoms with Crippen LogP contribution >= 0.6 is 11.6 Å². The Morgan fingerprint density at radius 3 is 2.75 bits per heavy atom.